The van der Waals surface area contributed by atoms with Gasteiger partial charge in [-0.05, 0) is 44.6 Å². The number of nitrogens with one attached hydrogen (secondary N) is 1. The minimum absolute atomic E-state index is 0.767. The summed E-state index contributed by atoms with van der Waals surface area (Å²) >= 11 is 0. The van der Waals surface area contributed by atoms with Crippen molar-refractivity contribution in [1.82, 2.24) is 9.80 Å². The number of para-hydroxylation sites is 1. The summed E-state index contributed by atoms with van der Waals surface area (Å²) < 4.78 is 0. The second-order valence-electron chi connectivity index (χ2n) is 5.71. The van der Waals surface area contributed by atoms with E-state index >= 15 is 0 Å². The van der Waals surface area contributed by atoms with Crippen molar-refractivity contribution in [2.45, 2.75) is 33.2 Å². The summed E-state index contributed by atoms with van der Waals surface area (Å²) in [5, 5.41) is 3.56. The monoisotopic (exact) mass is 275 g/mol. The number of likely N-dealkylation sites (N-methyl/N-ethyl adjacent to an activating group) is 1. The highest BCUT2D eigenvalue weighted by atomic mass is 15.3. The van der Waals surface area contributed by atoms with Gasteiger partial charge < -0.3 is 5.32 Å². The molecule has 1 heterocycles. The molecule has 1 aliphatic heterocycles. The van der Waals surface area contributed by atoms with Gasteiger partial charge in [0, 0.05) is 31.4 Å². The van der Waals surface area contributed by atoms with Crippen LogP contribution in [0.15, 0.2) is 24.3 Å². The molecule has 1 unspecified atom stereocenters. The number of nitrogens with zero attached hydrogens (tertiary/aromatic N) is 2. The number of rotatable bonds is 7. The lowest BCUT2D eigenvalue weighted by atomic mass is 10.2. The average molecular weight is 275 g/mol. The second-order valence-corrected chi connectivity index (χ2v) is 5.71. The Morgan fingerprint density at radius 1 is 1.25 bits per heavy atom. The van der Waals surface area contributed by atoms with Gasteiger partial charge in [0.05, 0.1) is 0 Å². The van der Waals surface area contributed by atoms with Crippen LogP contribution in [0.2, 0.25) is 0 Å². The molecule has 1 atom stereocenters. The Hall–Kier alpha value is -1.06. The van der Waals surface area contributed by atoms with Crippen molar-refractivity contribution >= 4 is 5.69 Å². The minimum atomic E-state index is 0.767. The Bertz CT molecular complexity index is 401. The van der Waals surface area contributed by atoms with Crippen LogP contribution in [0.1, 0.15) is 25.8 Å². The Balaban J connectivity index is 1.72. The molecular weight excluding hydrogens is 246 g/mol. The highest BCUT2D eigenvalue weighted by Gasteiger charge is 2.25. The largest absolute Gasteiger partial charge is 0.384 e. The molecule has 0 spiro atoms. The summed E-state index contributed by atoms with van der Waals surface area (Å²) in [6, 6.07) is 9.28. The maximum atomic E-state index is 3.56. The molecular formula is C17H29N3. The van der Waals surface area contributed by atoms with Crippen molar-refractivity contribution < 1.29 is 0 Å². The van der Waals surface area contributed by atoms with Crippen molar-refractivity contribution in [3.8, 4) is 0 Å². The SMILES string of the molecule is CCN(CC)C1CCN(CCNc2ccccc2C)C1. The molecule has 3 nitrogen and oxygen atoms in total. The lowest BCUT2D eigenvalue weighted by Gasteiger charge is -2.26. The molecule has 112 valence electrons. The molecule has 0 aromatic heterocycles. The lowest BCUT2D eigenvalue weighted by Crippen LogP contribution is -2.38. The maximum absolute atomic E-state index is 3.56. The third-order valence-electron chi connectivity index (χ3n) is 4.46. The number of aryl methyl sites for hydroxylation is 1. The Morgan fingerprint density at radius 2 is 2.00 bits per heavy atom. The fourth-order valence-electron chi connectivity index (χ4n) is 3.17. The molecule has 20 heavy (non-hydrogen) atoms. The quantitative estimate of drug-likeness (QED) is 0.825. The van der Waals surface area contributed by atoms with Gasteiger partial charge in [-0.2, -0.15) is 0 Å². The van der Waals surface area contributed by atoms with Crippen LogP contribution in [0.5, 0.6) is 0 Å². The standard InChI is InChI=1S/C17H29N3/c1-4-20(5-2)16-10-12-19(14-16)13-11-18-17-9-7-6-8-15(17)3/h6-9,16,18H,4-5,10-14H2,1-3H3. The number of benzene rings is 1. The molecule has 0 bridgehead atoms. The summed E-state index contributed by atoms with van der Waals surface area (Å²) in [6.45, 7) is 13.7. The highest BCUT2D eigenvalue weighted by Crippen LogP contribution is 2.16. The van der Waals surface area contributed by atoms with Crippen LogP contribution in [0.4, 0.5) is 5.69 Å². The van der Waals surface area contributed by atoms with Crippen molar-refractivity contribution in [3.05, 3.63) is 29.8 Å². The summed E-state index contributed by atoms with van der Waals surface area (Å²) in [4.78, 5) is 5.18. The van der Waals surface area contributed by atoms with Crippen molar-refractivity contribution in [2.75, 3.05) is 44.6 Å². The number of hydrogen-bond acceptors (Lipinski definition) is 3. The molecule has 0 aliphatic carbocycles. The molecule has 0 amide bonds. The van der Waals surface area contributed by atoms with E-state index in [1.165, 1.54) is 43.9 Å². The van der Waals surface area contributed by atoms with E-state index in [0.29, 0.717) is 0 Å². The van der Waals surface area contributed by atoms with Crippen LogP contribution in [0.25, 0.3) is 0 Å². The molecule has 3 heteroatoms. The third kappa shape index (κ3) is 3.97. The molecule has 1 aromatic carbocycles. The van der Waals surface area contributed by atoms with Crippen LogP contribution < -0.4 is 5.32 Å². The maximum Gasteiger partial charge on any atom is 0.0370 e. The molecule has 1 N–H and O–H groups in total. The number of likely N-dealkylation sites (tertiary alicyclic amines) is 1. The van der Waals surface area contributed by atoms with Gasteiger partial charge in [-0.1, -0.05) is 32.0 Å². The van der Waals surface area contributed by atoms with Crippen LogP contribution in [-0.4, -0.2) is 55.1 Å². The van der Waals surface area contributed by atoms with Crippen LogP contribution in [0.3, 0.4) is 0 Å². The summed E-state index contributed by atoms with van der Waals surface area (Å²) in [6.07, 6.45) is 1.33. The van der Waals surface area contributed by atoms with E-state index in [9.17, 15) is 0 Å². The van der Waals surface area contributed by atoms with Gasteiger partial charge in [-0.3, -0.25) is 9.80 Å². The van der Waals surface area contributed by atoms with E-state index in [-0.39, 0.29) is 0 Å². The Labute approximate surface area is 124 Å². The molecule has 1 fully saturated rings. The van der Waals surface area contributed by atoms with Crippen molar-refractivity contribution in [3.63, 3.8) is 0 Å². The van der Waals surface area contributed by atoms with Gasteiger partial charge in [0.2, 0.25) is 0 Å². The van der Waals surface area contributed by atoms with Gasteiger partial charge in [0.15, 0.2) is 0 Å². The molecule has 0 radical (unpaired) electrons. The molecule has 1 aromatic rings. The van der Waals surface area contributed by atoms with Crippen LogP contribution >= 0.6 is 0 Å². The van der Waals surface area contributed by atoms with E-state index in [0.717, 1.165) is 19.1 Å². The lowest BCUT2D eigenvalue weighted by molar-refractivity contribution is 0.212. The van der Waals surface area contributed by atoms with Crippen molar-refractivity contribution in [2.24, 2.45) is 0 Å². The van der Waals surface area contributed by atoms with E-state index < -0.39 is 0 Å². The minimum Gasteiger partial charge on any atom is -0.384 e. The second kappa shape index (κ2) is 7.65. The zero-order chi connectivity index (χ0) is 14.4. The zero-order valence-corrected chi connectivity index (χ0v) is 13.2. The van der Waals surface area contributed by atoms with E-state index in [1.54, 1.807) is 0 Å². The highest BCUT2D eigenvalue weighted by molar-refractivity contribution is 5.50. The van der Waals surface area contributed by atoms with Gasteiger partial charge in [-0.15, -0.1) is 0 Å². The van der Waals surface area contributed by atoms with Crippen LogP contribution in [-0.2, 0) is 0 Å². The topological polar surface area (TPSA) is 18.5 Å². The van der Waals surface area contributed by atoms with Gasteiger partial charge in [-0.25, -0.2) is 0 Å². The van der Waals surface area contributed by atoms with E-state index in [1.807, 2.05) is 0 Å². The fourth-order valence-corrected chi connectivity index (χ4v) is 3.17. The van der Waals surface area contributed by atoms with Gasteiger partial charge >= 0.3 is 0 Å². The normalized spacial score (nSPS) is 19.7. The van der Waals surface area contributed by atoms with Crippen molar-refractivity contribution in [1.29, 1.82) is 0 Å². The first kappa shape index (κ1) is 15.3. The first-order chi connectivity index (χ1) is 9.74. The Kier molecular flexibility index (Phi) is 5.86. The molecule has 0 saturated carbocycles. The summed E-state index contributed by atoms with van der Waals surface area (Å²) in [5.74, 6) is 0. The zero-order valence-electron chi connectivity index (χ0n) is 13.2. The third-order valence-corrected chi connectivity index (χ3v) is 4.46. The van der Waals surface area contributed by atoms with Gasteiger partial charge in [0.25, 0.3) is 0 Å². The van der Waals surface area contributed by atoms with Crippen LogP contribution in [0, 0.1) is 6.92 Å². The predicted molar refractivity (Wildman–Crippen MR) is 87.4 cm³/mol. The average Bonchev–Trinajstić information content (AvgIpc) is 2.91. The summed E-state index contributed by atoms with van der Waals surface area (Å²) in [7, 11) is 0. The molecule has 2 rings (SSSR count). The van der Waals surface area contributed by atoms with Gasteiger partial charge in [0.1, 0.15) is 0 Å². The molecule has 1 aliphatic rings. The first-order valence-corrected chi connectivity index (χ1v) is 8.00. The molecule has 1 saturated heterocycles. The first-order valence-electron chi connectivity index (χ1n) is 8.00. The number of anilines is 1. The van der Waals surface area contributed by atoms with E-state index in [2.05, 4.69) is 60.2 Å². The fraction of sp³-hybridized carbons (Fsp3) is 0.647. The predicted octanol–water partition coefficient (Wildman–Crippen LogP) is 2.82. The summed E-state index contributed by atoms with van der Waals surface area (Å²) in [5.41, 5.74) is 2.60. The Morgan fingerprint density at radius 3 is 2.70 bits per heavy atom. The number of hydrogen-bond donors (Lipinski definition) is 1. The van der Waals surface area contributed by atoms with E-state index in [4.69, 9.17) is 0 Å². The smallest absolute Gasteiger partial charge is 0.0370 e.